The Labute approximate surface area is 251 Å². The normalized spacial score (nSPS) is 13.0. The Hall–Kier alpha value is -0.870. The van der Waals surface area contributed by atoms with Crippen molar-refractivity contribution in [1.29, 1.82) is 0 Å². The van der Waals surface area contributed by atoms with E-state index in [-0.39, 0.29) is 26.6 Å². The first-order valence-electron chi connectivity index (χ1n) is 12.8. The molecule has 0 saturated carbocycles. The van der Waals surface area contributed by atoms with Gasteiger partial charge in [0.1, 0.15) is 4.90 Å². The van der Waals surface area contributed by atoms with Crippen LogP contribution >= 0.6 is 34.8 Å². The van der Waals surface area contributed by atoms with E-state index in [1.165, 1.54) is 6.07 Å². The summed E-state index contributed by atoms with van der Waals surface area (Å²) in [4.78, 5) is 0.270. The zero-order valence-corrected chi connectivity index (χ0v) is 28.7. The number of nitrogens with one attached hydrogen (secondary N) is 2. The average Bonchev–Trinajstić information content (AvgIpc) is 2.74. The molecule has 0 amide bonds. The molecule has 0 aliphatic carbocycles. The lowest BCUT2D eigenvalue weighted by Gasteiger charge is -2.25. The third-order valence-corrected chi connectivity index (χ3v) is 11.2. The smallest absolute Gasteiger partial charge is 0.207 e. The van der Waals surface area contributed by atoms with Gasteiger partial charge in [0.25, 0.3) is 0 Å². The van der Waals surface area contributed by atoms with Crippen LogP contribution in [0.25, 0.3) is 0 Å². The summed E-state index contributed by atoms with van der Waals surface area (Å²) in [7, 11) is -7.24. The molecule has 0 radical (unpaired) electrons. The maximum atomic E-state index is 12.5. The minimum absolute atomic E-state index is 0.0125. The summed E-state index contributed by atoms with van der Waals surface area (Å²) < 4.78 is 54.8. The molecular formula is C28H43Cl3N2O4S2. The molecule has 2 aromatic rings. The van der Waals surface area contributed by atoms with Gasteiger partial charge in [0.15, 0.2) is 0 Å². The molecule has 0 heterocycles. The molecule has 0 aliphatic rings. The Morgan fingerprint density at radius 3 is 1.51 bits per heavy atom. The topological polar surface area (TPSA) is 92.3 Å². The van der Waals surface area contributed by atoms with E-state index in [2.05, 4.69) is 9.44 Å². The monoisotopic (exact) mass is 640 g/mol. The van der Waals surface area contributed by atoms with Crippen LogP contribution in [0.5, 0.6) is 0 Å². The van der Waals surface area contributed by atoms with Gasteiger partial charge in [0, 0.05) is 16.1 Å². The summed E-state index contributed by atoms with van der Waals surface area (Å²) in [6, 6.07) is 6.64. The Balaban J connectivity index is 0.000000391. The highest BCUT2D eigenvalue weighted by Gasteiger charge is 2.28. The standard InChI is InChI=1S/C15H24ClNO2S.C13H19Cl2NO2S/c1-7-15(5,6)17-20(18,19)13-9-8-12(10(2)3)14(16)11(13)4;1-8(2)9-6-7-10(12(15)11(9)14)19(17,18)16-13(3,4)5/h8-10,17H,7H2,1-6H3;6-8,16H,1-5H3. The van der Waals surface area contributed by atoms with Crippen molar-refractivity contribution < 1.29 is 16.8 Å². The van der Waals surface area contributed by atoms with Gasteiger partial charge in [-0.25, -0.2) is 26.3 Å². The first-order chi connectivity index (χ1) is 17.5. The van der Waals surface area contributed by atoms with Crippen LogP contribution in [-0.2, 0) is 20.0 Å². The Morgan fingerprint density at radius 1 is 0.692 bits per heavy atom. The lowest BCUT2D eigenvalue weighted by Crippen LogP contribution is -2.42. The Bertz CT molecular complexity index is 1380. The van der Waals surface area contributed by atoms with Crippen molar-refractivity contribution in [1.82, 2.24) is 9.44 Å². The Morgan fingerprint density at radius 2 is 1.10 bits per heavy atom. The van der Waals surface area contributed by atoms with Gasteiger partial charge < -0.3 is 0 Å². The van der Waals surface area contributed by atoms with Crippen LogP contribution in [0.1, 0.15) is 104 Å². The number of hydrogen-bond donors (Lipinski definition) is 2. The lowest BCUT2D eigenvalue weighted by atomic mass is 10.0. The van der Waals surface area contributed by atoms with E-state index in [9.17, 15) is 16.8 Å². The van der Waals surface area contributed by atoms with Gasteiger partial charge in [0.05, 0.1) is 14.9 Å². The summed E-state index contributed by atoms with van der Waals surface area (Å²) in [5.74, 6) is 0.440. The maximum absolute atomic E-state index is 12.5. The van der Waals surface area contributed by atoms with E-state index in [1.54, 1.807) is 45.9 Å². The number of hydrogen-bond acceptors (Lipinski definition) is 4. The molecule has 0 bridgehead atoms. The van der Waals surface area contributed by atoms with Gasteiger partial charge in [-0.1, -0.05) is 81.6 Å². The molecule has 0 fully saturated rings. The molecule has 0 atom stereocenters. The molecule has 0 saturated heterocycles. The van der Waals surface area contributed by atoms with Crippen LogP contribution in [0.3, 0.4) is 0 Å². The highest BCUT2D eigenvalue weighted by Crippen LogP contribution is 2.36. The molecule has 39 heavy (non-hydrogen) atoms. The SMILES string of the molecule is CC(C)c1ccc(S(=O)(=O)NC(C)(C)C)c(Cl)c1Cl.CCC(C)(C)NS(=O)(=O)c1ccc(C(C)C)c(Cl)c1C. The predicted octanol–water partition coefficient (Wildman–Crippen LogP) is 8.43. The molecule has 0 unspecified atom stereocenters. The van der Waals surface area contributed by atoms with E-state index in [0.717, 1.165) is 11.1 Å². The van der Waals surface area contributed by atoms with Crippen molar-refractivity contribution in [3.8, 4) is 0 Å². The second-order valence-corrected chi connectivity index (χ2v) is 16.3. The quantitative estimate of drug-likeness (QED) is 0.303. The third kappa shape index (κ3) is 9.87. The Kier molecular flexibility index (Phi) is 12.4. The van der Waals surface area contributed by atoms with E-state index in [0.29, 0.717) is 22.0 Å². The zero-order valence-electron chi connectivity index (χ0n) is 24.8. The summed E-state index contributed by atoms with van der Waals surface area (Å²) in [6.45, 7) is 20.7. The molecule has 0 aromatic heterocycles. The maximum Gasteiger partial charge on any atom is 0.242 e. The van der Waals surface area contributed by atoms with Gasteiger partial charge >= 0.3 is 0 Å². The largest absolute Gasteiger partial charge is 0.242 e. The van der Waals surface area contributed by atoms with E-state index in [1.807, 2.05) is 48.5 Å². The van der Waals surface area contributed by atoms with Crippen LogP contribution in [0.4, 0.5) is 0 Å². The third-order valence-electron chi connectivity index (χ3n) is 6.00. The van der Waals surface area contributed by atoms with Crippen molar-refractivity contribution in [2.75, 3.05) is 0 Å². The highest BCUT2D eigenvalue weighted by atomic mass is 35.5. The van der Waals surface area contributed by atoms with Crippen LogP contribution < -0.4 is 9.44 Å². The second-order valence-electron chi connectivity index (χ2n) is 11.9. The first-order valence-corrected chi connectivity index (χ1v) is 16.9. The minimum atomic E-state index is -3.68. The van der Waals surface area contributed by atoms with Crippen molar-refractivity contribution in [3.63, 3.8) is 0 Å². The average molecular weight is 642 g/mol. The molecule has 6 nitrogen and oxygen atoms in total. The summed E-state index contributed by atoms with van der Waals surface area (Å²) in [5, 5.41) is 0.912. The van der Waals surface area contributed by atoms with Crippen molar-refractivity contribution in [2.45, 2.75) is 115 Å². The molecule has 222 valence electrons. The van der Waals surface area contributed by atoms with Crippen molar-refractivity contribution in [2.24, 2.45) is 0 Å². The van der Waals surface area contributed by atoms with Gasteiger partial charge in [0.2, 0.25) is 20.0 Å². The number of rotatable bonds is 8. The summed E-state index contributed by atoms with van der Waals surface area (Å²) in [6.07, 6.45) is 0.711. The van der Waals surface area contributed by atoms with Gasteiger partial charge in [-0.2, -0.15) is 0 Å². The number of halogens is 3. The molecule has 11 heteroatoms. The molecule has 0 aliphatic heterocycles. The van der Waals surface area contributed by atoms with Crippen LogP contribution in [-0.4, -0.2) is 27.9 Å². The molecule has 2 aromatic carbocycles. The van der Waals surface area contributed by atoms with E-state index in [4.69, 9.17) is 34.8 Å². The second kappa shape index (κ2) is 13.4. The number of benzene rings is 2. The molecule has 2 N–H and O–H groups in total. The van der Waals surface area contributed by atoms with Crippen LogP contribution in [0, 0.1) is 6.92 Å². The van der Waals surface area contributed by atoms with Crippen molar-refractivity contribution in [3.05, 3.63) is 56.0 Å². The molecular weight excluding hydrogens is 599 g/mol. The first kappa shape index (κ1) is 36.2. The van der Waals surface area contributed by atoms with Gasteiger partial charge in [-0.15, -0.1) is 0 Å². The molecule has 0 spiro atoms. The fourth-order valence-electron chi connectivity index (χ4n) is 3.57. The van der Waals surface area contributed by atoms with Gasteiger partial charge in [-0.3, -0.25) is 0 Å². The fourth-order valence-corrected chi connectivity index (χ4v) is 8.16. The summed E-state index contributed by atoms with van der Waals surface area (Å²) >= 11 is 18.6. The van der Waals surface area contributed by atoms with Gasteiger partial charge in [-0.05, 0) is 88.6 Å². The highest BCUT2D eigenvalue weighted by molar-refractivity contribution is 7.90. The van der Waals surface area contributed by atoms with E-state index >= 15 is 0 Å². The molecule has 2 rings (SSSR count). The summed E-state index contributed by atoms with van der Waals surface area (Å²) in [5.41, 5.74) is 1.36. The zero-order chi connectivity index (χ0) is 30.7. The minimum Gasteiger partial charge on any atom is -0.207 e. The predicted molar refractivity (Wildman–Crippen MR) is 166 cm³/mol. The van der Waals surface area contributed by atoms with Crippen LogP contribution in [0.2, 0.25) is 15.1 Å². The lowest BCUT2D eigenvalue weighted by molar-refractivity contribution is 0.439. The van der Waals surface area contributed by atoms with E-state index < -0.39 is 31.1 Å². The fraction of sp³-hybridized carbons (Fsp3) is 0.571. The number of sulfonamides is 2. The van der Waals surface area contributed by atoms with Crippen LogP contribution in [0.15, 0.2) is 34.1 Å². The van der Waals surface area contributed by atoms with Crippen molar-refractivity contribution >= 4 is 54.8 Å².